The van der Waals surface area contributed by atoms with Gasteiger partial charge in [-0.2, -0.15) is 0 Å². The molecule has 0 bridgehead atoms. The van der Waals surface area contributed by atoms with Crippen molar-refractivity contribution in [3.63, 3.8) is 0 Å². The number of benzene rings is 2. The largest absolute Gasteiger partial charge is 0.332 e. The molecule has 0 atom stereocenters. The van der Waals surface area contributed by atoms with Crippen molar-refractivity contribution in [3.8, 4) is 0 Å². The molecule has 0 aliphatic rings. The number of nitrogens with one attached hydrogen (secondary N) is 2. The molecule has 4 aromatic rings. The van der Waals surface area contributed by atoms with Gasteiger partial charge in [0.2, 0.25) is 11.0 Å². The second-order valence-corrected chi connectivity index (χ2v) is 8.37. The average molecular weight is 464 g/mol. The summed E-state index contributed by atoms with van der Waals surface area (Å²) in [5.74, 6) is -0.850. The van der Waals surface area contributed by atoms with Gasteiger partial charge >= 0.3 is 0 Å². The summed E-state index contributed by atoms with van der Waals surface area (Å²) in [6.07, 6.45) is 2.20. The lowest BCUT2D eigenvalue weighted by Gasteiger charge is -2.12. The number of allylic oxidation sites excluding steroid dienone is 1. The standard InChI is InChI=1S/C24H22FN5O2S/c1-3-15(2)10-22(31)27-18-8-9-20-17(11-18)12-21(23(32)28-24-29-26-14-33-24)30(20)13-16-6-4-5-7-19(16)25/h3-9,11-12,14H,10,13H2,1-2H3,(H,27,31)(H,28,29,32)/b15-3-. The fourth-order valence-corrected chi connectivity index (χ4v) is 3.89. The van der Waals surface area contributed by atoms with Gasteiger partial charge in [-0.1, -0.05) is 41.2 Å². The fraction of sp³-hybridized carbons (Fsp3) is 0.167. The summed E-state index contributed by atoms with van der Waals surface area (Å²) < 4.78 is 16.1. The van der Waals surface area contributed by atoms with Gasteiger partial charge < -0.3 is 9.88 Å². The Kier molecular flexibility index (Phi) is 6.60. The number of nitrogens with zero attached hydrogens (tertiary/aromatic N) is 3. The summed E-state index contributed by atoms with van der Waals surface area (Å²) in [5, 5.41) is 14.3. The molecule has 33 heavy (non-hydrogen) atoms. The maximum Gasteiger partial charge on any atom is 0.274 e. The molecule has 9 heteroatoms. The van der Waals surface area contributed by atoms with Crippen molar-refractivity contribution in [2.75, 3.05) is 10.6 Å². The molecule has 2 aromatic heterocycles. The lowest BCUT2D eigenvalue weighted by molar-refractivity contribution is -0.115. The van der Waals surface area contributed by atoms with Crippen LogP contribution >= 0.6 is 11.3 Å². The Hall–Kier alpha value is -3.85. The minimum atomic E-state index is -0.381. The Morgan fingerprint density at radius 2 is 1.97 bits per heavy atom. The van der Waals surface area contributed by atoms with Crippen molar-refractivity contribution in [1.29, 1.82) is 0 Å². The molecular weight excluding hydrogens is 441 g/mol. The Labute approximate surface area is 194 Å². The number of rotatable bonds is 7. The summed E-state index contributed by atoms with van der Waals surface area (Å²) >= 11 is 1.21. The molecule has 0 spiro atoms. The van der Waals surface area contributed by atoms with Gasteiger partial charge in [-0.25, -0.2) is 4.39 Å². The molecule has 0 saturated heterocycles. The lowest BCUT2D eigenvalue weighted by Crippen LogP contribution is -2.17. The van der Waals surface area contributed by atoms with E-state index < -0.39 is 0 Å². The van der Waals surface area contributed by atoms with E-state index in [2.05, 4.69) is 20.8 Å². The predicted octanol–water partition coefficient (Wildman–Crippen LogP) is 5.23. The van der Waals surface area contributed by atoms with E-state index in [0.29, 0.717) is 28.5 Å². The van der Waals surface area contributed by atoms with Crippen molar-refractivity contribution in [1.82, 2.24) is 14.8 Å². The Morgan fingerprint density at radius 3 is 2.70 bits per heavy atom. The van der Waals surface area contributed by atoms with Crippen LogP contribution in [0.1, 0.15) is 36.3 Å². The summed E-state index contributed by atoms with van der Waals surface area (Å²) in [5.41, 5.74) is 4.66. The van der Waals surface area contributed by atoms with Crippen molar-refractivity contribution < 1.29 is 14.0 Å². The van der Waals surface area contributed by atoms with E-state index in [1.165, 1.54) is 22.9 Å². The zero-order chi connectivity index (χ0) is 23.4. The van der Waals surface area contributed by atoms with Crippen LogP contribution in [0.3, 0.4) is 0 Å². The van der Waals surface area contributed by atoms with Crippen molar-refractivity contribution >= 4 is 44.9 Å². The van der Waals surface area contributed by atoms with Crippen LogP contribution in [-0.2, 0) is 11.3 Å². The first-order valence-corrected chi connectivity index (χ1v) is 11.2. The molecule has 2 aromatic carbocycles. The number of amides is 2. The molecule has 2 heterocycles. The highest BCUT2D eigenvalue weighted by Gasteiger charge is 2.19. The minimum absolute atomic E-state index is 0.120. The van der Waals surface area contributed by atoms with E-state index in [9.17, 15) is 14.0 Å². The van der Waals surface area contributed by atoms with E-state index in [-0.39, 0.29) is 24.2 Å². The second-order valence-electron chi connectivity index (χ2n) is 7.54. The van der Waals surface area contributed by atoms with Gasteiger partial charge in [0, 0.05) is 28.6 Å². The Morgan fingerprint density at radius 1 is 1.15 bits per heavy atom. The normalized spacial score (nSPS) is 11.5. The van der Waals surface area contributed by atoms with Gasteiger partial charge in [0.1, 0.15) is 17.0 Å². The lowest BCUT2D eigenvalue weighted by atomic mass is 10.2. The van der Waals surface area contributed by atoms with Crippen LogP contribution in [0.5, 0.6) is 0 Å². The quantitative estimate of drug-likeness (QED) is 0.368. The molecule has 4 rings (SSSR count). The summed E-state index contributed by atoms with van der Waals surface area (Å²) in [6, 6.07) is 13.6. The van der Waals surface area contributed by atoms with E-state index in [1.807, 2.05) is 26.0 Å². The smallest absolute Gasteiger partial charge is 0.274 e. The van der Waals surface area contributed by atoms with E-state index in [1.54, 1.807) is 41.0 Å². The number of carbonyl (C=O) groups excluding carboxylic acids is 2. The zero-order valence-corrected chi connectivity index (χ0v) is 18.9. The molecule has 168 valence electrons. The topological polar surface area (TPSA) is 88.9 Å². The highest BCUT2D eigenvalue weighted by Crippen LogP contribution is 2.26. The summed E-state index contributed by atoms with van der Waals surface area (Å²) in [6.45, 7) is 3.96. The molecule has 0 fully saturated rings. The number of hydrogen-bond acceptors (Lipinski definition) is 5. The molecule has 0 aliphatic heterocycles. The van der Waals surface area contributed by atoms with E-state index in [4.69, 9.17) is 0 Å². The Balaban J connectivity index is 1.71. The van der Waals surface area contributed by atoms with Gasteiger partial charge in [-0.05, 0) is 44.2 Å². The first-order valence-electron chi connectivity index (χ1n) is 10.3. The number of aromatic nitrogens is 3. The first kappa shape index (κ1) is 22.3. The third-order valence-corrected chi connectivity index (χ3v) is 5.82. The molecule has 0 radical (unpaired) electrons. The molecule has 0 unspecified atom stereocenters. The fourth-order valence-electron chi connectivity index (χ4n) is 3.45. The van der Waals surface area contributed by atoms with Gasteiger partial charge in [-0.15, -0.1) is 10.2 Å². The van der Waals surface area contributed by atoms with Gasteiger partial charge in [0.25, 0.3) is 5.91 Å². The van der Waals surface area contributed by atoms with Crippen LogP contribution in [0.25, 0.3) is 10.9 Å². The van der Waals surface area contributed by atoms with Crippen LogP contribution in [0, 0.1) is 5.82 Å². The van der Waals surface area contributed by atoms with E-state index >= 15 is 0 Å². The maximum atomic E-state index is 14.4. The van der Waals surface area contributed by atoms with Crippen LogP contribution < -0.4 is 10.6 Å². The molecule has 0 saturated carbocycles. The predicted molar refractivity (Wildman–Crippen MR) is 128 cm³/mol. The molecule has 7 nitrogen and oxygen atoms in total. The van der Waals surface area contributed by atoms with Crippen molar-refractivity contribution in [3.05, 3.63) is 82.8 Å². The third-order valence-electron chi connectivity index (χ3n) is 5.22. The van der Waals surface area contributed by atoms with Gasteiger partial charge in [-0.3, -0.25) is 14.9 Å². The average Bonchev–Trinajstić information content (AvgIpc) is 3.43. The second kappa shape index (κ2) is 9.74. The number of anilines is 2. The number of carbonyl (C=O) groups is 2. The van der Waals surface area contributed by atoms with Crippen LogP contribution in [0.15, 0.2) is 65.7 Å². The molecule has 0 aliphatic carbocycles. The first-order chi connectivity index (χ1) is 15.9. The SMILES string of the molecule is C/C=C(/C)CC(=O)Nc1ccc2c(c1)cc(C(=O)Nc1nncs1)n2Cc1ccccc1F. The monoisotopic (exact) mass is 463 g/mol. The van der Waals surface area contributed by atoms with Crippen LogP contribution in [0.2, 0.25) is 0 Å². The molecule has 2 amide bonds. The number of halogens is 1. The summed E-state index contributed by atoms with van der Waals surface area (Å²) in [4.78, 5) is 25.3. The minimum Gasteiger partial charge on any atom is -0.332 e. The molecular formula is C24H22FN5O2S. The van der Waals surface area contributed by atoms with Crippen molar-refractivity contribution in [2.45, 2.75) is 26.8 Å². The number of hydrogen-bond donors (Lipinski definition) is 2. The Bertz CT molecular complexity index is 1340. The van der Waals surface area contributed by atoms with Crippen LogP contribution in [0.4, 0.5) is 15.2 Å². The zero-order valence-electron chi connectivity index (χ0n) is 18.1. The molecule has 2 N–H and O–H groups in total. The van der Waals surface area contributed by atoms with Gasteiger partial charge in [0.05, 0.1) is 6.54 Å². The highest BCUT2D eigenvalue weighted by atomic mass is 32.1. The van der Waals surface area contributed by atoms with E-state index in [0.717, 1.165) is 16.5 Å². The third kappa shape index (κ3) is 5.15. The van der Waals surface area contributed by atoms with Crippen LogP contribution in [-0.4, -0.2) is 26.6 Å². The maximum absolute atomic E-state index is 14.4. The number of fused-ring (bicyclic) bond motifs is 1. The van der Waals surface area contributed by atoms with Gasteiger partial charge in [0.15, 0.2) is 0 Å². The highest BCUT2D eigenvalue weighted by molar-refractivity contribution is 7.13. The summed E-state index contributed by atoms with van der Waals surface area (Å²) in [7, 11) is 0. The van der Waals surface area contributed by atoms with Crippen molar-refractivity contribution in [2.24, 2.45) is 0 Å².